The Hall–Kier alpha value is -3.69. The molecule has 3 fully saturated rings. The van der Waals surface area contributed by atoms with Crippen molar-refractivity contribution in [3.05, 3.63) is 36.0 Å². The van der Waals surface area contributed by atoms with Crippen molar-refractivity contribution in [2.75, 3.05) is 6.54 Å². The summed E-state index contributed by atoms with van der Waals surface area (Å²) in [6.45, 7) is 0.498. The molecule has 1 saturated heterocycles. The number of nitrogens with one attached hydrogen (secondary N) is 4. The van der Waals surface area contributed by atoms with Crippen molar-refractivity contribution in [1.82, 2.24) is 25.8 Å². The second-order valence-electron chi connectivity index (χ2n) is 12.7. The molecule has 232 valence electrons. The number of ketones is 1. The number of carbonyl (C=O) groups excluding carboxylic acids is 5. The summed E-state index contributed by atoms with van der Waals surface area (Å²) in [5.74, 6) is -2.72. The van der Waals surface area contributed by atoms with Crippen LogP contribution >= 0.6 is 0 Å². The zero-order valence-electron chi connectivity index (χ0n) is 25.2. The molecule has 1 aromatic heterocycles. The molecule has 4 amide bonds. The fraction of sp³-hybridized carbons (Fsp3) is 0.606. The molecule has 2 aliphatic carbocycles. The highest BCUT2D eigenvalue weighted by Gasteiger charge is 2.37. The fourth-order valence-electron chi connectivity index (χ4n) is 7.05. The first kappa shape index (κ1) is 30.8. The average molecular weight is 592 g/mol. The summed E-state index contributed by atoms with van der Waals surface area (Å²) in [4.78, 5) is 66.5. The van der Waals surface area contributed by atoms with Gasteiger partial charge in [0.15, 0.2) is 0 Å². The molecule has 1 aliphatic heterocycles. The Morgan fingerprint density at radius 3 is 2.26 bits per heavy atom. The number of carbonyl (C=O) groups is 5. The maximum atomic E-state index is 13.9. The molecular weight excluding hydrogens is 546 g/mol. The normalized spacial score (nSPS) is 21.1. The summed E-state index contributed by atoms with van der Waals surface area (Å²) in [6, 6.07) is 7.40. The van der Waals surface area contributed by atoms with Crippen LogP contribution in [0.2, 0.25) is 0 Å². The highest BCUT2D eigenvalue weighted by Crippen LogP contribution is 2.28. The summed E-state index contributed by atoms with van der Waals surface area (Å²) in [7, 11) is 1.82. The third-order valence-corrected chi connectivity index (χ3v) is 9.58. The zero-order valence-corrected chi connectivity index (χ0v) is 25.2. The minimum atomic E-state index is -1.16. The molecule has 4 N–H and O–H groups in total. The number of para-hydroxylation sites is 1. The summed E-state index contributed by atoms with van der Waals surface area (Å²) in [5, 5.41) is 12.3. The van der Waals surface area contributed by atoms with Gasteiger partial charge in [0.2, 0.25) is 17.6 Å². The first-order valence-corrected chi connectivity index (χ1v) is 16.1. The van der Waals surface area contributed by atoms with E-state index in [0.717, 1.165) is 75.1 Å². The lowest BCUT2D eigenvalue weighted by atomic mass is 9.84. The summed E-state index contributed by atoms with van der Waals surface area (Å²) < 4.78 is 1.81. The first-order chi connectivity index (χ1) is 20.8. The van der Waals surface area contributed by atoms with Crippen LogP contribution in [0.25, 0.3) is 10.9 Å². The van der Waals surface area contributed by atoms with Crippen molar-refractivity contribution in [3.8, 4) is 0 Å². The maximum Gasteiger partial charge on any atom is 0.289 e. The largest absolute Gasteiger partial charge is 0.356 e. The lowest BCUT2D eigenvalue weighted by molar-refractivity contribution is -0.141. The van der Waals surface area contributed by atoms with Crippen LogP contribution in [-0.4, -0.2) is 58.6 Å². The van der Waals surface area contributed by atoms with Gasteiger partial charge < -0.3 is 25.8 Å². The van der Waals surface area contributed by atoms with Crippen LogP contribution in [0.3, 0.4) is 0 Å². The van der Waals surface area contributed by atoms with E-state index < -0.39 is 35.6 Å². The zero-order chi connectivity index (χ0) is 30.3. The van der Waals surface area contributed by atoms with Crippen LogP contribution in [0.15, 0.2) is 30.3 Å². The van der Waals surface area contributed by atoms with E-state index in [1.54, 1.807) is 10.6 Å². The summed E-state index contributed by atoms with van der Waals surface area (Å²) in [5.41, 5.74) is 1.34. The van der Waals surface area contributed by atoms with E-state index in [2.05, 4.69) is 21.3 Å². The number of amides is 4. The number of fused-ring (bicyclic) bond motifs is 1. The van der Waals surface area contributed by atoms with Crippen LogP contribution in [0.4, 0.5) is 0 Å². The molecule has 0 radical (unpaired) electrons. The van der Waals surface area contributed by atoms with Crippen molar-refractivity contribution in [1.29, 1.82) is 0 Å². The van der Waals surface area contributed by atoms with E-state index in [1.807, 2.05) is 31.3 Å². The second-order valence-corrected chi connectivity index (χ2v) is 12.7. The molecule has 10 nitrogen and oxygen atoms in total. The van der Waals surface area contributed by atoms with E-state index in [1.165, 1.54) is 0 Å². The molecule has 2 aromatic rings. The minimum Gasteiger partial charge on any atom is -0.356 e. The van der Waals surface area contributed by atoms with E-state index in [-0.39, 0.29) is 30.2 Å². The molecular formula is C33H45N5O5. The number of aromatic nitrogens is 1. The van der Waals surface area contributed by atoms with Gasteiger partial charge in [0, 0.05) is 36.5 Å². The smallest absolute Gasteiger partial charge is 0.289 e. The third-order valence-electron chi connectivity index (χ3n) is 9.58. The van der Waals surface area contributed by atoms with Crippen LogP contribution < -0.4 is 21.3 Å². The molecule has 1 unspecified atom stereocenters. The van der Waals surface area contributed by atoms with Crippen LogP contribution in [0.5, 0.6) is 0 Å². The van der Waals surface area contributed by atoms with Gasteiger partial charge in [-0.3, -0.25) is 24.0 Å². The number of benzene rings is 1. The Labute approximate surface area is 253 Å². The van der Waals surface area contributed by atoms with Crippen molar-refractivity contribution in [2.24, 2.45) is 18.9 Å². The van der Waals surface area contributed by atoms with Gasteiger partial charge in [-0.15, -0.1) is 0 Å². The van der Waals surface area contributed by atoms with Crippen LogP contribution in [0.1, 0.15) is 94.0 Å². The Morgan fingerprint density at radius 1 is 0.884 bits per heavy atom. The molecule has 3 aliphatic rings. The Morgan fingerprint density at radius 2 is 1.58 bits per heavy atom. The van der Waals surface area contributed by atoms with E-state index in [0.29, 0.717) is 25.1 Å². The third kappa shape index (κ3) is 7.64. The monoisotopic (exact) mass is 591 g/mol. The SMILES string of the molecule is Cn1c(C(=O)N[C@@H](CC2CCCCC2)C(=O)NC(C[C@@H]2CCNC2=O)C(=O)C(=O)NC2CCCCC2)cc2ccccc21. The first-order valence-electron chi connectivity index (χ1n) is 16.1. The molecule has 5 rings (SSSR count). The van der Waals surface area contributed by atoms with Gasteiger partial charge in [-0.05, 0) is 50.2 Å². The van der Waals surface area contributed by atoms with E-state index in [9.17, 15) is 24.0 Å². The van der Waals surface area contributed by atoms with Gasteiger partial charge in [-0.1, -0.05) is 69.6 Å². The van der Waals surface area contributed by atoms with Crippen molar-refractivity contribution < 1.29 is 24.0 Å². The second kappa shape index (κ2) is 14.2. The number of hydrogen-bond donors (Lipinski definition) is 4. The molecule has 2 heterocycles. The summed E-state index contributed by atoms with van der Waals surface area (Å²) >= 11 is 0. The van der Waals surface area contributed by atoms with E-state index in [4.69, 9.17) is 0 Å². The standard InChI is InChI=1S/C33H45N5O5/c1-38-27-15-9-8-12-22(27)20-28(38)32(42)37-26(18-21-10-4-2-5-11-21)31(41)36-25(19-23-16-17-34-30(23)40)29(39)33(43)35-24-13-6-3-7-14-24/h8-9,12,15,20-21,23-26H,2-7,10-11,13-14,16-19H2,1H3,(H,34,40)(H,35,43)(H,36,41)(H,37,42)/t23-,25?,26-/m0/s1. The molecule has 0 spiro atoms. The highest BCUT2D eigenvalue weighted by atomic mass is 16.2. The molecule has 2 saturated carbocycles. The molecule has 10 heteroatoms. The quantitative estimate of drug-likeness (QED) is 0.297. The molecule has 43 heavy (non-hydrogen) atoms. The average Bonchev–Trinajstić information content (AvgIpc) is 3.59. The fourth-order valence-corrected chi connectivity index (χ4v) is 7.05. The topological polar surface area (TPSA) is 138 Å². The number of hydrogen-bond acceptors (Lipinski definition) is 5. The lowest BCUT2D eigenvalue weighted by Gasteiger charge is -2.29. The van der Waals surface area contributed by atoms with Gasteiger partial charge in [-0.2, -0.15) is 0 Å². The van der Waals surface area contributed by atoms with E-state index >= 15 is 0 Å². The van der Waals surface area contributed by atoms with Gasteiger partial charge >= 0.3 is 0 Å². The number of aryl methyl sites for hydroxylation is 1. The Balaban J connectivity index is 1.34. The van der Waals surface area contributed by atoms with Crippen molar-refractivity contribution in [2.45, 2.75) is 102 Å². The molecule has 0 bridgehead atoms. The van der Waals surface area contributed by atoms with Crippen LogP contribution in [-0.2, 0) is 26.2 Å². The predicted molar refractivity (Wildman–Crippen MR) is 163 cm³/mol. The van der Waals surface area contributed by atoms with Crippen molar-refractivity contribution in [3.63, 3.8) is 0 Å². The van der Waals surface area contributed by atoms with Gasteiger partial charge in [-0.25, -0.2) is 0 Å². The van der Waals surface area contributed by atoms with Gasteiger partial charge in [0.05, 0.1) is 6.04 Å². The minimum absolute atomic E-state index is 0.0434. The Bertz CT molecular complexity index is 1340. The molecule has 3 atom stereocenters. The number of Topliss-reactive ketones (excluding diaryl/α,β-unsaturated/α-hetero) is 1. The predicted octanol–water partition coefficient (Wildman–Crippen LogP) is 3.28. The van der Waals surface area contributed by atoms with Gasteiger partial charge in [0.25, 0.3) is 11.8 Å². The molecule has 1 aromatic carbocycles. The van der Waals surface area contributed by atoms with Crippen molar-refractivity contribution >= 4 is 40.3 Å². The number of rotatable bonds is 11. The van der Waals surface area contributed by atoms with Crippen LogP contribution in [0, 0.1) is 11.8 Å². The van der Waals surface area contributed by atoms with Gasteiger partial charge in [0.1, 0.15) is 11.7 Å². The summed E-state index contributed by atoms with van der Waals surface area (Å²) in [6.07, 6.45) is 11.1. The highest BCUT2D eigenvalue weighted by molar-refractivity contribution is 6.38. The lowest BCUT2D eigenvalue weighted by Crippen LogP contribution is -2.55. The maximum absolute atomic E-state index is 13.9. The number of nitrogens with zero attached hydrogens (tertiary/aromatic N) is 1. The Kier molecular flexibility index (Phi) is 10.1.